The summed E-state index contributed by atoms with van der Waals surface area (Å²) in [6.07, 6.45) is 2.61. The summed E-state index contributed by atoms with van der Waals surface area (Å²) in [7, 11) is 0. The number of nitrogen functional groups attached to an aromatic ring is 1. The Bertz CT molecular complexity index is 1810. The molecule has 6 rings (SSSR count). The lowest BCUT2D eigenvalue weighted by atomic mass is 10.1. The number of para-hydroxylation sites is 2. The lowest BCUT2D eigenvalue weighted by Gasteiger charge is -2.06. The number of nitrogens with two attached hydrogens (primary N) is 1. The predicted octanol–water partition coefficient (Wildman–Crippen LogP) is 7.93. The fourth-order valence-electron chi connectivity index (χ4n) is 3.53. The molecule has 45 heavy (non-hydrogen) atoms. The van der Waals surface area contributed by atoms with E-state index in [1.54, 1.807) is 84.9 Å². The maximum Gasteiger partial charge on any atom is 0.409 e. The normalized spacial score (nSPS) is 10.0. The third kappa shape index (κ3) is 10.5. The van der Waals surface area contributed by atoms with Crippen LogP contribution < -0.4 is 15.2 Å². The standard InChI is InChI=1S/C16H11ClN2O3.C8H6ClN3O.C7H5ClO2/c17-14-8-11(6-7-13(14)16-19-18-10-21-16)9-15(20)22-12-4-2-1-3-5-12;9-7-3-5(10)1-2-6(7)8-12-11-4-13-8;8-7(9)10-6-4-2-1-3-5-6/h1-8,10H,9H2;1-4H,10H2;1-5H. The molecular formula is C31H22Cl3N5O6. The molecule has 4 aromatic carbocycles. The van der Waals surface area contributed by atoms with Crippen LogP contribution in [0.2, 0.25) is 10.0 Å². The van der Waals surface area contributed by atoms with Crippen LogP contribution in [0.3, 0.4) is 0 Å². The molecule has 228 valence electrons. The summed E-state index contributed by atoms with van der Waals surface area (Å²) in [6, 6.07) is 27.9. The zero-order valence-corrected chi connectivity index (χ0v) is 25.3. The van der Waals surface area contributed by atoms with Crippen molar-refractivity contribution in [2.45, 2.75) is 6.42 Å². The Kier molecular flexibility index (Phi) is 12.0. The summed E-state index contributed by atoms with van der Waals surface area (Å²) >= 11 is 17.0. The van der Waals surface area contributed by atoms with Crippen molar-refractivity contribution in [2.75, 3.05) is 5.73 Å². The first-order chi connectivity index (χ1) is 21.8. The van der Waals surface area contributed by atoms with Gasteiger partial charge in [0, 0.05) is 17.3 Å². The van der Waals surface area contributed by atoms with E-state index in [1.165, 1.54) is 12.8 Å². The van der Waals surface area contributed by atoms with E-state index in [4.69, 9.17) is 54.1 Å². The zero-order valence-electron chi connectivity index (χ0n) is 23.0. The van der Waals surface area contributed by atoms with Crippen molar-refractivity contribution >= 4 is 51.9 Å². The second-order valence-electron chi connectivity index (χ2n) is 8.66. The predicted molar refractivity (Wildman–Crippen MR) is 168 cm³/mol. The van der Waals surface area contributed by atoms with Crippen molar-refractivity contribution in [1.82, 2.24) is 20.4 Å². The molecule has 11 nitrogen and oxygen atoms in total. The van der Waals surface area contributed by atoms with Gasteiger partial charge >= 0.3 is 11.4 Å². The lowest BCUT2D eigenvalue weighted by Crippen LogP contribution is -2.11. The summed E-state index contributed by atoms with van der Waals surface area (Å²) in [5.74, 6) is 1.35. The van der Waals surface area contributed by atoms with Gasteiger partial charge in [-0.05, 0) is 60.2 Å². The largest absolute Gasteiger partial charge is 0.426 e. The van der Waals surface area contributed by atoms with Gasteiger partial charge in [0.05, 0.1) is 27.6 Å². The first-order valence-corrected chi connectivity index (χ1v) is 14.0. The van der Waals surface area contributed by atoms with E-state index in [0.717, 1.165) is 5.56 Å². The number of hydrogen-bond acceptors (Lipinski definition) is 11. The van der Waals surface area contributed by atoms with Crippen molar-refractivity contribution in [3.05, 3.63) is 125 Å². The van der Waals surface area contributed by atoms with Gasteiger partial charge in [-0.1, -0.05) is 65.7 Å². The number of nitrogens with zero attached hydrogens (tertiary/aromatic N) is 4. The summed E-state index contributed by atoms with van der Waals surface area (Å²) in [6.45, 7) is 0. The second kappa shape index (κ2) is 16.6. The first kappa shape index (κ1) is 32.7. The minimum atomic E-state index is -0.814. The van der Waals surface area contributed by atoms with Gasteiger partial charge in [-0.2, -0.15) is 0 Å². The lowest BCUT2D eigenvalue weighted by molar-refractivity contribution is -0.133. The van der Waals surface area contributed by atoms with Crippen LogP contribution in [-0.4, -0.2) is 31.8 Å². The smallest absolute Gasteiger partial charge is 0.409 e. The number of aromatic nitrogens is 4. The van der Waals surface area contributed by atoms with Gasteiger partial charge in [-0.15, -0.1) is 20.4 Å². The van der Waals surface area contributed by atoms with Gasteiger partial charge in [0.2, 0.25) is 24.6 Å². The Labute approximate surface area is 271 Å². The van der Waals surface area contributed by atoms with Crippen molar-refractivity contribution in [2.24, 2.45) is 0 Å². The van der Waals surface area contributed by atoms with E-state index in [1.807, 2.05) is 12.1 Å². The number of halogens is 3. The maximum atomic E-state index is 11.9. The highest BCUT2D eigenvalue weighted by atomic mass is 35.5. The number of esters is 1. The van der Waals surface area contributed by atoms with Crippen molar-refractivity contribution in [3.63, 3.8) is 0 Å². The molecule has 14 heteroatoms. The number of rotatable bonds is 6. The quantitative estimate of drug-likeness (QED) is 0.0796. The molecule has 0 amide bonds. The molecule has 0 aliphatic heterocycles. The molecule has 0 spiro atoms. The first-order valence-electron chi connectivity index (χ1n) is 12.8. The van der Waals surface area contributed by atoms with Crippen LogP contribution in [-0.2, 0) is 11.2 Å². The molecule has 2 aromatic heterocycles. The fraction of sp³-hybridized carbons (Fsp3) is 0.0323. The summed E-state index contributed by atoms with van der Waals surface area (Å²) < 4.78 is 19.9. The Balaban J connectivity index is 0.000000170. The van der Waals surface area contributed by atoms with Crippen LogP contribution >= 0.6 is 34.8 Å². The summed E-state index contributed by atoms with van der Waals surface area (Å²) in [5, 5.41) is 15.6. The van der Waals surface area contributed by atoms with E-state index in [0.29, 0.717) is 50.1 Å². The zero-order chi connectivity index (χ0) is 32.0. The van der Waals surface area contributed by atoms with Crippen LogP contribution in [0.15, 0.2) is 119 Å². The van der Waals surface area contributed by atoms with E-state index in [-0.39, 0.29) is 12.4 Å². The molecule has 2 N–H and O–H groups in total. The van der Waals surface area contributed by atoms with Gasteiger partial charge in [-0.25, -0.2) is 4.79 Å². The van der Waals surface area contributed by atoms with Crippen LogP contribution in [0.25, 0.3) is 22.9 Å². The molecule has 0 fully saturated rings. The third-order valence-electron chi connectivity index (χ3n) is 5.47. The molecule has 0 radical (unpaired) electrons. The minimum absolute atomic E-state index is 0.124. The summed E-state index contributed by atoms with van der Waals surface area (Å²) in [5.41, 5.74) is 7.38. The van der Waals surface area contributed by atoms with Gasteiger partial charge in [0.1, 0.15) is 11.5 Å². The van der Waals surface area contributed by atoms with Crippen molar-refractivity contribution in [1.29, 1.82) is 0 Å². The average molecular weight is 667 g/mol. The van der Waals surface area contributed by atoms with Gasteiger partial charge in [-0.3, -0.25) is 4.79 Å². The molecule has 0 saturated carbocycles. The average Bonchev–Trinajstić information content (AvgIpc) is 3.74. The SMILES string of the molecule is Nc1ccc(-c2nnco2)c(Cl)c1.O=C(Cc1ccc(-c2nnco2)c(Cl)c1)Oc1ccccc1.O=C(Cl)Oc1ccccc1. The Morgan fingerprint density at radius 3 is 1.67 bits per heavy atom. The van der Waals surface area contributed by atoms with Crippen LogP contribution in [0.1, 0.15) is 5.56 Å². The molecule has 0 saturated heterocycles. The van der Waals surface area contributed by atoms with E-state index >= 15 is 0 Å². The molecule has 0 aliphatic rings. The van der Waals surface area contributed by atoms with Gasteiger partial charge < -0.3 is 24.0 Å². The number of hydrogen-bond donors (Lipinski definition) is 1. The monoisotopic (exact) mass is 665 g/mol. The third-order valence-corrected chi connectivity index (χ3v) is 6.17. The Morgan fingerprint density at radius 1 is 0.689 bits per heavy atom. The molecule has 0 bridgehead atoms. The van der Waals surface area contributed by atoms with E-state index < -0.39 is 5.43 Å². The highest BCUT2D eigenvalue weighted by molar-refractivity contribution is 6.61. The maximum absolute atomic E-state index is 11.9. The van der Waals surface area contributed by atoms with E-state index in [9.17, 15) is 9.59 Å². The van der Waals surface area contributed by atoms with Crippen molar-refractivity contribution < 1.29 is 27.9 Å². The molecule has 6 aromatic rings. The van der Waals surface area contributed by atoms with Crippen LogP contribution in [0, 0.1) is 0 Å². The Morgan fingerprint density at radius 2 is 1.20 bits per heavy atom. The molecule has 0 atom stereocenters. The number of ether oxygens (including phenoxy) is 2. The minimum Gasteiger partial charge on any atom is -0.426 e. The number of carbonyl (C=O) groups is 2. The molecule has 0 unspecified atom stereocenters. The highest BCUT2D eigenvalue weighted by Crippen LogP contribution is 2.28. The van der Waals surface area contributed by atoms with E-state index in [2.05, 4.69) is 25.1 Å². The van der Waals surface area contributed by atoms with Crippen LogP contribution in [0.5, 0.6) is 11.5 Å². The van der Waals surface area contributed by atoms with Gasteiger partial charge in [0.25, 0.3) is 0 Å². The van der Waals surface area contributed by atoms with Crippen molar-refractivity contribution in [3.8, 4) is 34.4 Å². The highest BCUT2D eigenvalue weighted by Gasteiger charge is 2.12. The second-order valence-corrected chi connectivity index (χ2v) is 9.78. The Hall–Kier alpha value is -5.23. The number of anilines is 1. The molecule has 0 aliphatic carbocycles. The van der Waals surface area contributed by atoms with Crippen LogP contribution in [0.4, 0.5) is 10.5 Å². The number of carbonyl (C=O) groups excluding carboxylic acids is 2. The number of benzene rings is 4. The topological polar surface area (TPSA) is 156 Å². The fourth-order valence-corrected chi connectivity index (χ4v) is 4.17. The molecule has 2 heterocycles. The van der Waals surface area contributed by atoms with Gasteiger partial charge in [0.15, 0.2) is 0 Å². The molecular weight excluding hydrogens is 645 g/mol. The summed E-state index contributed by atoms with van der Waals surface area (Å²) in [4.78, 5) is 22.1.